The van der Waals surface area contributed by atoms with E-state index in [1.165, 1.54) is 0 Å². The molecule has 6 heteroatoms. The Labute approximate surface area is 131 Å². The third-order valence-electron chi connectivity index (χ3n) is 3.65. The van der Waals surface area contributed by atoms with Gasteiger partial charge in [-0.25, -0.2) is 0 Å². The van der Waals surface area contributed by atoms with Crippen LogP contribution in [-0.4, -0.2) is 53.8 Å². The molecule has 116 valence electrons. The van der Waals surface area contributed by atoms with Crippen molar-refractivity contribution in [3.8, 4) is 0 Å². The molecular formula is C15H22ClN3O2. The second-order valence-corrected chi connectivity index (χ2v) is 5.13. The van der Waals surface area contributed by atoms with E-state index in [1.807, 2.05) is 30.3 Å². The first-order chi connectivity index (χ1) is 9.58. The highest BCUT2D eigenvalue weighted by Gasteiger charge is 2.25. The van der Waals surface area contributed by atoms with Gasteiger partial charge in [0.25, 0.3) is 0 Å². The van der Waals surface area contributed by atoms with Gasteiger partial charge in [0.15, 0.2) is 0 Å². The normalized spacial score (nSPS) is 16.1. The zero-order valence-corrected chi connectivity index (χ0v) is 13.0. The molecule has 0 spiro atoms. The smallest absolute Gasteiger partial charge is 0.239 e. The molecule has 0 saturated carbocycles. The summed E-state index contributed by atoms with van der Waals surface area (Å²) in [7, 11) is 0. The standard InChI is InChI=1S/C15H21N3O2.ClH/c1-12(19)17-7-9-18(10-8-17)15(20)14(16)11-13-5-3-2-4-6-13;/h2-6,14H,7-11,16H2,1H3;1H. The molecular weight excluding hydrogens is 290 g/mol. The summed E-state index contributed by atoms with van der Waals surface area (Å²) < 4.78 is 0. The molecule has 1 aliphatic rings. The van der Waals surface area contributed by atoms with Gasteiger partial charge in [0, 0.05) is 33.1 Å². The number of hydrogen-bond donors (Lipinski definition) is 1. The lowest BCUT2D eigenvalue weighted by Gasteiger charge is -2.35. The number of rotatable bonds is 3. The number of carbonyl (C=O) groups excluding carboxylic acids is 2. The Morgan fingerprint density at radius 1 is 1.10 bits per heavy atom. The number of nitrogens with two attached hydrogens (primary N) is 1. The van der Waals surface area contributed by atoms with Crippen molar-refractivity contribution in [2.75, 3.05) is 26.2 Å². The summed E-state index contributed by atoms with van der Waals surface area (Å²) in [6.07, 6.45) is 0.548. The zero-order valence-electron chi connectivity index (χ0n) is 12.2. The Hall–Kier alpha value is -1.59. The van der Waals surface area contributed by atoms with Crippen LogP contribution in [0, 0.1) is 0 Å². The quantitative estimate of drug-likeness (QED) is 0.892. The van der Waals surface area contributed by atoms with Crippen molar-refractivity contribution >= 4 is 24.2 Å². The molecule has 0 aliphatic carbocycles. The summed E-state index contributed by atoms with van der Waals surface area (Å²) in [5, 5.41) is 0. The van der Waals surface area contributed by atoms with E-state index in [0.29, 0.717) is 32.6 Å². The molecule has 1 saturated heterocycles. The summed E-state index contributed by atoms with van der Waals surface area (Å²) in [6.45, 7) is 3.89. The lowest BCUT2D eigenvalue weighted by atomic mass is 10.1. The number of nitrogens with zero attached hydrogens (tertiary/aromatic N) is 2. The predicted octanol–water partition coefficient (Wildman–Crippen LogP) is 0.669. The van der Waals surface area contributed by atoms with Crippen molar-refractivity contribution in [3.05, 3.63) is 35.9 Å². The molecule has 0 radical (unpaired) electrons. The predicted molar refractivity (Wildman–Crippen MR) is 84.2 cm³/mol. The average Bonchev–Trinajstić information content (AvgIpc) is 2.47. The minimum atomic E-state index is -0.513. The zero-order chi connectivity index (χ0) is 14.5. The number of amides is 2. The Morgan fingerprint density at radius 3 is 2.14 bits per heavy atom. The van der Waals surface area contributed by atoms with Gasteiger partial charge in [-0.1, -0.05) is 30.3 Å². The van der Waals surface area contributed by atoms with Crippen molar-refractivity contribution in [2.45, 2.75) is 19.4 Å². The molecule has 5 nitrogen and oxygen atoms in total. The van der Waals surface area contributed by atoms with Gasteiger partial charge in [-0.2, -0.15) is 0 Å². The van der Waals surface area contributed by atoms with E-state index in [-0.39, 0.29) is 24.2 Å². The van der Waals surface area contributed by atoms with Crippen LogP contribution in [0.3, 0.4) is 0 Å². The van der Waals surface area contributed by atoms with Gasteiger partial charge in [-0.15, -0.1) is 12.4 Å². The van der Waals surface area contributed by atoms with Crippen LogP contribution in [0.25, 0.3) is 0 Å². The highest BCUT2D eigenvalue weighted by Crippen LogP contribution is 2.07. The molecule has 1 aromatic rings. The largest absolute Gasteiger partial charge is 0.339 e. The minimum Gasteiger partial charge on any atom is -0.339 e. The fourth-order valence-electron chi connectivity index (χ4n) is 2.43. The molecule has 1 aliphatic heterocycles. The SMILES string of the molecule is CC(=O)N1CCN(C(=O)C(N)Cc2ccccc2)CC1.Cl. The number of benzene rings is 1. The Balaban J connectivity index is 0.00000220. The number of hydrogen-bond acceptors (Lipinski definition) is 3. The van der Waals surface area contributed by atoms with Crippen molar-refractivity contribution < 1.29 is 9.59 Å². The Bertz CT molecular complexity index is 473. The van der Waals surface area contributed by atoms with Crippen LogP contribution in [0.5, 0.6) is 0 Å². The van der Waals surface area contributed by atoms with E-state index >= 15 is 0 Å². The van der Waals surface area contributed by atoms with Gasteiger partial charge in [0.05, 0.1) is 6.04 Å². The van der Waals surface area contributed by atoms with Crippen LogP contribution in [-0.2, 0) is 16.0 Å². The summed E-state index contributed by atoms with van der Waals surface area (Å²) in [5.74, 6) is 0.0303. The van der Waals surface area contributed by atoms with Crippen LogP contribution in [0.4, 0.5) is 0 Å². The van der Waals surface area contributed by atoms with Crippen LogP contribution >= 0.6 is 12.4 Å². The molecule has 1 atom stereocenters. The van der Waals surface area contributed by atoms with E-state index in [1.54, 1.807) is 16.7 Å². The Morgan fingerprint density at radius 2 is 1.62 bits per heavy atom. The van der Waals surface area contributed by atoms with E-state index in [2.05, 4.69) is 0 Å². The van der Waals surface area contributed by atoms with Gasteiger partial charge in [0.1, 0.15) is 0 Å². The molecule has 1 unspecified atom stereocenters. The first-order valence-corrected chi connectivity index (χ1v) is 6.91. The van der Waals surface area contributed by atoms with Crippen LogP contribution < -0.4 is 5.73 Å². The van der Waals surface area contributed by atoms with Crippen molar-refractivity contribution in [1.82, 2.24) is 9.80 Å². The maximum atomic E-state index is 12.3. The molecule has 1 aromatic carbocycles. The summed E-state index contributed by atoms with van der Waals surface area (Å²) in [6, 6.07) is 9.26. The average molecular weight is 312 g/mol. The Kier molecular flexibility index (Phi) is 6.65. The monoisotopic (exact) mass is 311 g/mol. The third kappa shape index (κ3) is 4.72. The highest BCUT2D eigenvalue weighted by molar-refractivity contribution is 5.85. The maximum Gasteiger partial charge on any atom is 0.239 e. The molecule has 2 rings (SSSR count). The second kappa shape index (κ2) is 8.00. The lowest BCUT2D eigenvalue weighted by molar-refractivity contribution is -0.139. The van der Waals surface area contributed by atoms with E-state index in [4.69, 9.17) is 5.73 Å². The highest BCUT2D eigenvalue weighted by atomic mass is 35.5. The van der Waals surface area contributed by atoms with Crippen molar-refractivity contribution in [1.29, 1.82) is 0 Å². The van der Waals surface area contributed by atoms with Gasteiger partial charge < -0.3 is 15.5 Å². The lowest BCUT2D eigenvalue weighted by Crippen LogP contribution is -2.54. The fourth-order valence-corrected chi connectivity index (χ4v) is 2.43. The summed E-state index contributed by atoms with van der Waals surface area (Å²) >= 11 is 0. The van der Waals surface area contributed by atoms with Gasteiger partial charge in [0.2, 0.25) is 11.8 Å². The van der Waals surface area contributed by atoms with Gasteiger partial charge in [-0.05, 0) is 12.0 Å². The molecule has 21 heavy (non-hydrogen) atoms. The minimum absolute atomic E-state index is 0. The van der Waals surface area contributed by atoms with E-state index < -0.39 is 6.04 Å². The second-order valence-electron chi connectivity index (χ2n) is 5.13. The molecule has 2 amide bonds. The molecule has 0 aromatic heterocycles. The van der Waals surface area contributed by atoms with E-state index in [0.717, 1.165) is 5.56 Å². The van der Waals surface area contributed by atoms with Crippen LogP contribution in [0.15, 0.2) is 30.3 Å². The van der Waals surface area contributed by atoms with Crippen molar-refractivity contribution in [2.24, 2.45) is 5.73 Å². The summed E-state index contributed by atoms with van der Waals surface area (Å²) in [5.41, 5.74) is 7.07. The third-order valence-corrected chi connectivity index (χ3v) is 3.65. The molecule has 2 N–H and O–H groups in total. The molecule has 1 heterocycles. The van der Waals surface area contributed by atoms with E-state index in [9.17, 15) is 9.59 Å². The topological polar surface area (TPSA) is 66.6 Å². The maximum absolute atomic E-state index is 12.3. The summed E-state index contributed by atoms with van der Waals surface area (Å²) in [4.78, 5) is 27.0. The number of halogens is 1. The van der Waals surface area contributed by atoms with Gasteiger partial charge >= 0.3 is 0 Å². The first kappa shape index (κ1) is 17.5. The van der Waals surface area contributed by atoms with Gasteiger partial charge in [-0.3, -0.25) is 9.59 Å². The molecule has 0 bridgehead atoms. The first-order valence-electron chi connectivity index (χ1n) is 6.91. The number of piperazine rings is 1. The molecule has 1 fully saturated rings. The van der Waals surface area contributed by atoms with Crippen molar-refractivity contribution in [3.63, 3.8) is 0 Å². The fraction of sp³-hybridized carbons (Fsp3) is 0.467. The van der Waals surface area contributed by atoms with Crippen LogP contribution in [0.1, 0.15) is 12.5 Å². The number of carbonyl (C=O) groups is 2. The van der Waals surface area contributed by atoms with Crippen LogP contribution in [0.2, 0.25) is 0 Å².